The Hall–Kier alpha value is -3.80. The number of benzene rings is 2. The van der Waals surface area contributed by atoms with E-state index in [-0.39, 0.29) is 23.9 Å². The molecule has 2 heterocycles. The van der Waals surface area contributed by atoms with E-state index in [1.165, 1.54) is 0 Å². The molecule has 6 nitrogen and oxygen atoms in total. The van der Waals surface area contributed by atoms with Crippen LogP contribution in [0.1, 0.15) is 39.9 Å². The number of amides is 2. The maximum atomic E-state index is 12.9. The zero-order valence-corrected chi connectivity index (χ0v) is 18.2. The van der Waals surface area contributed by atoms with Crippen molar-refractivity contribution in [2.75, 3.05) is 5.32 Å². The molecule has 32 heavy (non-hydrogen) atoms. The van der Waals surface area contributed by atoms with Gasteiger partial charge in [-0.3, -0.25) is 9.59 Å². The number of aromatic nitrogens is 1. The molecule has 6 heteroatoms. The number of nitrogens with one attached hydrogen (secondary N) is 4. The van der Waals surface area contributed by atoms with Crippen LogP contribution >= 0.6 is 0 Å². The molecule has 2 amide bonds. The summed E-state index contributed by atoms with van der Waals surface area (Å²) in [7, 11) is 0. The number of rotatable bonds is 5. The molecule has 2 aliphatic rings. The summed E-state index contributed by atoms with van der Waals surface area (Å²) in [6.45, 7) is 3.98. The highest BCUT2D eigenvalue weighted by Crippen LogP contribution is 2.32. The first-order valence-electron chi connectivity index (χ1n) is 10.9. The third-order valence-electron chi connectivity index (χ3n) is 5.89. The Morgan fingerprint density at radius 1 is 1.06 bits per heavy atom. The Balaban J connectivity index is 1.41. The summed E-state index contributed by atoms with van der Waals surface area (Å²) in [5.41, 5.74) is 6.39. The summed E-state index contributed by atoms with van der Waals surface area (Å²) >= 11 is 0. The molecule has 162 valence electrons. The lowest BCUT2D eigenvalue weighted by molar-refractivity contribution is -0.122. The Bertz CT molecular complexity index is 1260. The van der Waals surface area contributed by atoms with Crippen molar-refractivity contribution in [3.05, 3.63) is 83.2 Å². The van der Waals surface area contributed by atoms with Gasteiger partial charge in [-0.05, 0) is 68.8 Å². The van der Waals surface area contributed by atoms with Gasteiger partial charge in [-0.15, -0.1) is 0 Å². The minimum Gasteiger partial charge on any atom is -0.368 e. The first-order chi connectivity index (χ1) is 15.5. The molecule has 4 N–H and O–H groups in total. The number of para-hydroxylation sites is 1. The van der Waals surface area contributed by atoms with E-state index in [9.17, 15) is 9.59 Å². The number of carbonyl (C=O) groups excluding carboxylic acids is 2. The fraction of sp³-hybridized carbons (Fsp3) is 0.231. The quantitative estimate of drug-likeness (QED) is 0.488. The average molecular weight is 427 g/mol. The largest absolute Gasteiger partial charge is 0.368 e. The summed E-state index contributed by atoms with van der Waals surface area (Å²) in [5.74, 6) is 0.129. The summed E-state index contributed by atoms with van der Waals surface area (Å²) in [5, 5.41) is 10.3. The molecule has 0 radical (unpaired) electrons. The van der Waals surface area contributed by atoms with Gasteiger partial charge in [-0.25, -0.2) is 0 Å². The number of aromatic amines is 1. The predicted molar refractivity (Wildman–Crippen MR) is 127 cm³/mol. The lowest BCUT2D eigenvalue weighted by Gasteiger charge is -2.20. The van der Waals surface area contributed by atoms with Crippen molar-refractivity contribution in [1.29, 1.82) is 0 Å². The summed E-state index contributed by atoms with van der Waals surface area (Å²) in [6, 6.07) is 11.7. The van der Waals surface area contributed by atoms with Gasteiger partial charge in [0.1, 0.15) is 6.17 Å². The van der Waals surface area contributed by atoms with Crippen molar-refractivity contribution in [2.45, 2.75) is 32.9 Å². The van der Waals surface area contributed by atoms with Gasteiger partial charge in [0.15, 0.2) is 0 Å². The van der Waals surface area contributed by atoms with Crippen molar-refractivity contribution in [3.8, 4) is 0 Å². The molecule has 3 aromatic rings. The van der Waals surface area contributed by atoms with Gasteiger partial charge in [0, 0.05) is 28.6 Å². The molecule has 0 bridgehead atoms. The van der Waals surface area contributed by atoms with E-state index < -0.39 is 0 Å². The van der Waals surface area contributed by atoms with E-state index in [1.807, 2.05) is 68.7 Å². The summed E-state index contributed by atoms with van der Waals surface area (Å²) in [4.78, 5) is 28.3. The molecule has 1 fully saturated rings. The Labute approximate surface area is 186 Å². The molecule has 1 atom stereocenters. The standard InChI is InChI=1S/C26H26N4O2/c1-15-10-16(2)12-19(11-15)26(32)29-22-5-3-4-20-21(14-28-24(20)22)18-8-9-27-23(13-18)30-25(31)17-6-7-17/h3-5,8-14,17,23,27-28H,6-7H2,1-2H3,(H,29,32)(H,30,31). The molecule has 1 unspecified atom stereocenters. The molecular weight excluding hydrogens is 400 g/mol. The molecule has 1 aliphatic heterocycles. The average Bonchev–Trinajstić information content (AvgIpc) is 3.52. The Kier molecular flexibility index (Phi) is 5.05. The zero-order chi connectivity index (χ0) is 22.2. The van der Waals surface area contributed by atoms with Gasteiger partial charge >= 0.3 is 0 Å². The molecule has 1 aromatic heterocycles. The summed E-state index contributed by atoms with van der Waals surface area (Å²) < 4.78 is 0. The number of hydrogen-bond acceptors (Lipinski definition) is 3. The smallest absolute Gasteiger partial charge is 0.255 e. The van der Waals surface area contributed by atoms with Crippen LogP contribution in [0.2, 0.25) is 0 Å². The minimum atomic E-state index is -0.236. The normalized spacial score (nSPS) is 17.6. The fourth-order valence-electron chi connectivity index (χ4n) is 4.20. The third kappa shape index (κ3) is 4.04. The van der Waals surface area contributed by atoms with E-state index in [1.54, 1.807) is 0 Å². The van der Waals surface area contributed by atoms with E-state index in [2.05, 4.69) is 27.0 Å². The highest BCUT2D eigenvalue weighted by Gasteiger charge is 2.30. The second-order valence-corrected chi connectivity index (χ2v) is 8.64. The van der Waals surface area contributed by atoms with Crippen molar-refractivity contribution in [1.82, 2.24) is 15.6 Å². The van der Waals surface area contributed by atoms with Crippen LogP contribution in [0.5, 0.6) is 0 Å². The SMILES string of the molecule is Cc1cc(C)cc(C(=O)Nc2cccc3c(C4=CC(NC(=O)C5CC5)NC=C4)c[nH]c23)c1. The van der Waals surface area contributed by atoms with Crippen LogP contribution in [0.3, 0.4) is 0 Å². The van der Waals surface area contributed by atoms with Crippen LogP contribution in [0.15, 0.2) is 60.9 Å². The number of H-pyrrole nitrogens is 1. The van der Waals surface area contributed by atoms with Crippen LogP contribution in [0, 0.1) is 19.8 Å². The van der Waals surface area contributed by atoms with Gasteiger partial charge in [-0.2, -0.15) is 0 Å². The maximum absolute atomic E-state index is 12.9. The third-order valence-corrected chi connectivity index (χ3v) is 5.89. The van der Waals surface area contributed by atoms with Crippen molar-refractivity contribution >= 4 is 34.0 Å². The van der Waals surface area contributed by atoms with Crippen molar-refractivity contribution in [3.63, 3.8) is 0 Å². The number of dihydropyridines is 1. The van der Waals surface area contributed by atoms with Gasteiger partial charge < -0.3 is 20.9 Å². The fourth-order valence-corrected chi connectivity index (χ4v) is 4.20. The topological polar surface area (TPSA) is 86.0 Å². The minimum absolute atomic E-state index is 0.101. The van der Waals surface area contributed by atoms with Gasteiger partial charge in [0.05, 0.1) is 11.2 Å². The number of aryl methyl sites for hydroxylation is 2. The highest BCUT2D eigenvalue weighted by atomic mass is 16.2. The maximum Gasteiger partial charge on any atom is 0.255 e. The molecule has 0 saturated heterocycles. The van der Waals surface area contributed by atoms with Gasteiger partial charge in [-0.1, -0.05) is 29.3 Å². The van der Waals surface area contributed by atoms with Gasteiger partial charge in [0.2, 0.25) is 5.91 Å². The Morgan fingerprint density at radius 2 is 1.84 bits per heavy atom. The first-order valence-corrected chi connectivity index (χ1v) is 10.9. The lowest BCUT2D eigenvalue weighted by Crippen LogP contribution is -2.43. The molecular formula is C26H26N4O2. The number of fused-ring (bicyclic) bond motifs is 1. The lowest BCUT2D eigenvalue weighted by atomic mass is 10.0. The van der Waals surface area contributed by atoms with E-state index in [4.69, 9.17) is 0 Å². The van der Waals surface area contributed by atoms with Crippen LogP contribution in [0.25, 0.3) is 16.5 Å². The highest BCUT2D eigenvalue weighted by molar-refractivity contribution is 6.10. The van der Waals surface area contributed by atoms with E-state index in [0.29, 0.717) is 5.56 Å². The summed E-state index contributed by atoms with van der Waals surface area (Å²) in [6.07, 6.45) is 9.53. The van der Waals surface area contributed by atoms with E-state index in [0.717, 1.165) is 51.7 Å². The molecule has 1 aliphatic carbocycles. The Morgan fingerprint density at radius 3 is 2.59 bits per heavy atom. The van der Waals surface area contributed by atoms with Crippen molar-refractivity contribution in [2.24, 2.45) is 5.92 Å². The number of anilines is 1. The molecule has 1 saturated carbocycles. The number of allylic oxidation sites excluding steroid dienone is 2. The zero-order valence-electron chi connectivity index (χ0n) is 18.2. The van der Waals surface area contributed by atoms with Crippen molar-refractivity contribution < 1.29 is 9.59 Å². The second kappa shape index (κ2) is 8.04. The molecule has 5 rings (SSSR count). The van der Waals surface area contributed by atoms with E-state index >= 15 is 0 Å². The monoisotopic (exact) mass is 426 g/mol. The van der Waals surface area contributed by atoms with Gasteiger partial charge in [0.25, 0.3) is 5.91 Å². The van der Waals surface area contributed by atoms with Crippen LogP contribution in [0.4, 0.5) is 5.69 Å². The molecule has 0 spiro atoms. The van der Waals surface area contributed by atoms with Crippen LogP contribution in [-0.4, -0.2) is 23.0 Å². The molecule has 2 aromatic carbocycles. The second-order valence-electron chi connectivity index (χ2n) is 8.64. The first kappa shape index (κ1) is 20.1. The van der Waals surface area contributed by atoms with Crippen LogP contribution in [-0.2, 0) is 4.79 Å². The predicted octanol–water partition coefficient (Wildman–Crippen LogP) is 4.39. The number of carbonyl (C=O) groups is 2. The number of hydrogen-bond donors (Lipinski definition) is 4. The van der Waals surface area contributed by atoms with Crippen LogP contribution < -0.4 is 16.0 Å².